The van der Waals surface area contributed by atoms with E-state index in [9.17, 15) is 10.1 Å². The number of rotatable bonds is 2. The molecular weight excluding hydrogens is 208 g/mol. The minimum Gasteiger partial charge on any atom is -0.306 e. The van der Waals surface area contributed by atoms with Gasteiger partial charge in [-0.3, -0.25) is 10.1 Å². The van der Waals surface area contributed by atoms with Gasteiger partial charge in [-0.2, -0.15) is 5.26 Å². The van der Waals surface area contributed by atoms with Gasteiger partial charge in [0.25, 0.3) is 5.69 Å². The van der Waals surface area contributed by atoms with Gasteiger partial charge in [0.15, 0.2) is 0 Å². The number of nitriles is 1. The molecule has 1 heterocycles. The fourth-order valence-electron chi connectivity index (χ4n) is 1.34. The Bertz CT molecular complexity index is 569. The Hall–Kier alpha value is -2.68. The zero-order chi connectivity index (χ0) is 11.5. The van der Waals surface area contributed by atoms with Crippen LogP contribution >= 0.6 is 0 Å². The van der Waals surface area contributed by atoms with E-state index >= 15 is 0 Å². The molecule has 0 saturated carbocycles. The van der Waals surface area contributed by atoms with E-state index in [4.69, 9.17) is 5.26 Å². The summed E-state index contributed by atoms with van der Waals surface area (Å²) in [6, 6.07) is 6.19. The third-order valence-corrected chi connectivity index (χ3v) is 2.10. The summed E-state index contributed by atoms with van der Waals surface area (Å²) >= 11 is 0. The van der Waals surface area contributed by atoms with Crippen LogP contribution in [0, 0.1) is 21.4 Å². The van der Waals surface area contributed by atoms with Crippen molar-refractivity contribution < 1.29 is 4.92 Å². The van der Waals surface area contributed by atoms with Crippen molar-refractivity contribution in [3.8, 4) is 11.8 Å². The molecule has 78 valence electrons. The first kappa shape index (κ1) is 9.86. The van der Waals surface area contributed by atoms with E-state index in [2.05, 4.69) is 4.98 Å². The van der Waals surface area contributed by atoms with Crippen LogP contribution in [-0.4, -0.2) is 14.5 Å². The predicted molar refractivity (Wildman–Crippen MR) is 54.9 cm³/mol. The molecule has 1 aromatic heterocycles. The van der Waals surface area contributed by atoms with Crippen LogP contribution in [0.1, 0.15) is 5.56 Å². The molecule has 0 aliphatic rings. The minimum absolute atomic E-state index is 0.0499. The first-order valence-electron chi connectivity index (χ1n) is 4.39. The third-order valence-electron chi connectivity index (χ3n) is 2.10. The highest BCUT2D eigenvalue weighted by atomic mass is 16.6. The highest BCUT2D eigenvalue weighted by Gasteiger charge is 2.14. The second-order valence-electron chi connectivity index (χ2n) is 3.04. The third kappa shape index (κ3) is 1.62. The Kier molecular flexibility index (Phi) is 2.36. The lowest BCUT2D eigenvalue weighted by molar-refractivity contribution is -0.385. The zero-order valence-corrected chi connectivity index (χ0v) is 8.07. The van der Waals surface area contributed by atoms with Crippen LogP contribution in [-0.2, 0) is 0 Å². The molecule has 0 atom stereocenters. The number of hydrogen-bond acceptors (Lipinski definition) is 4. The maximum atomic E-state index is 10.7. The average Bonchev–Trinajstić information content (AvgIpc) is 2.81. The fourth-order valence-corrected chi connectivity index (χ4v) is 1.34. The molecule has 0 bridgehead atoms. The monoisotopic (exact) mass is 214 g/mol. The summed E-state index contributed by atoms with van der Waals surface area (Å²) in [4.78, 5) is 14.0. The number of aromatic nitrogens is 2. The molecule has 16 heavy (non-hydrogen) atoms. The standard InChI is InChI=1S/C10H6N4O2/c11-6-8-1-2-9(5-10(8)14(15)16)13-4-3-12-7-13/h1-5,7H. The van der Waals surface area contributed by atoms with Crippen molar-refractivity contribution in [1.29, 1.82) is 5.26 Å². The summed E-state index contributed by atoms with van der Waals surface area (Å²) in [5.74, 6) is 0. The van der Waals surface area contributed by atoms with Crippen LogP contribution < -0.4 is 0 Å². The summed E-state index contributed by atoms with van der Waals surface area (Å²) in [6.07, 6.45) is 4.78. The number of imidazole rings is 1. The average molecular weight is 214 g/mol. The molecule has 2 aromatic rings. The number of nitrogens with zero attached hydrogens (tertiary/aromatic N) is 4. The first-order chi connectivity index (χ1) is 7.72. The van der Waals surface area contributed by atoms with Crippen molar-refractivity contribution in [1.82, 2.24) is 9.55 Å². The Labute approximate surface area is 90.5 Å². The van der Waals surface area contributed by atoms with E-state index in [-0.39, 0.29) is 11.3 Å². The van der Waals surface area contributed by atoms with Gasteiger partial charge in [-0.25, -0.2) is 4.98 Å². The first-order valence-corrected chi connectivity index (χ1v) is 4.39. The van der Waals surface area contributed by atoms with Gasteiger partial charge in [-0.1, -0.05) is 0 Å². The van der Waals surface area contributed by atoms with Gasteiger partial charge in [0.05, 0.1) is 16.9 Å². The Morgan fingerprint density at radius 2 is 2.31 bits per heavy atom. The van der Waals surface area contributed by atoms with E-state index < -0.39 is 4.92 Å². The number of hydrogen-bond donors (Lipinski definition) is 0. The fraction of sp³-hybridized carbons (Fsp3) is 0. The van der Waals surface area contributed by atoms with Gasteiger partial charge in [0.2, 0.25) is 0 Å². The summed E-state index contributed by atoms with van der Waals surface area (Å²) in [7, 11) is 0. The molecule has 0 fully saturated rings. The van der Waals surface area contributed by atoms with Gasteiger partial charge >= 0.3 is 0 Å². The maximum absolute atomic E-state index is 10.7. The van der Waals surface area contributed by atoms with Crippen LogP contribution in [0.3, 0.4) is 0 Å². The normalized spacial score (nSPS) is 9.69. The molecule has 2 rings (SSSR count). The maximum Gasteiger partial charge on any atom is 0.289 e. The largest absolute Gasteiger partial charge is 0.306 e. The summed E-state index contributed by atoms with van der Waals surface area (Å²) in [5.41, 5.74) is 0.450. The second-order valence-corrected chi connectivity index (χ2v) is 3.04. The Balaban J connectivity index is 2.57. The molecule has 0 aliphatic carbocycles. The van der Waals surface area contributed by atoms with Crippen molar-refractivity contribution >= 4 is 5.69 Å². The topological polar surface area (TPSA) is 84.8 Å². The second kappa shape index (κ2) is 3.82. The van der Waals surface area contributed by atoms with Crippen molar-refractivity contribution in [2.24, 2.45) is 0 Å². The lowest BCUT2D eigenvalue weighted by Crippen LogP contribution is -1.96. The van der Waals surface area contributed by atoms with E-state index in [1.165, 1.54) is 18.5 Å². The van der Waals surface area contributed by atoms with Gasteiger partial charge in [0.1, 0.15) is 11.6 Å². The Morgan fingerprint density at radius 3 is 2.88 bits per heavy atom. The van der Waals surface area contributed by atoms with Crippen LogP contribution in [0.25, 0.3) is 5.69 Å². The van der Waals surface area contributed by atoms with Crippen LogP contribution in [0.4, 0.5) is 5.69 Å². The summed E-state index contributed by atoms with van der Waals surface area (Å²) in [6.45, 7) is 0. The smallest absolute Gasteiger partial charge is 0.289 e. The van der Waals surface area contributed by atoms with E-state index in [0.717, 1.165) is 0 Å². The summed E-state index contributed by atoms with van der Waals surface area (Å²) in [5, 5.41) is 19.4. The van der Waals surface area contributed by atoms with Crippen molar-refractivity contribution in [3.05, 3.63) is 52.6 Å². The van der Waals surface area contributed by atoms with E-state index in [1.807, 2.05) is 0 Å². The highest BCUT2D eigenvalue weighted by Crippen LogP contribution is 2.21. The minimum atomic E-state index is -0.570. The van der Waals surface area contributed by atoms with E-state index in [0.29, 0.717) is 5.69 Å². The molecule has 0 amide bonds. The zero-order valence-electron chi connectivity index (χ0n) is 8.07. The highest BCUT2D eigenvalue weighted by molar-refractivity contribution is 5.54. The van der Waals surface area contributed by atoms with Crippen LogP contribution in [0.2, 0.25) is 0 Å². The van der Waals surface area contributed by atoms with Crippen LogP contribution in [0.15, 0.2) is 36.9 Å². The lowest BCUT2D eigenvalue weighted by Gasteiger charge is -2.02. The van der Waals surface area contributed by atoms with Gasteiger partial charge in [-0.15, -0.1) is 0 Å². The van der Waals surface area contributed by atoms with Crippen molar-refractivity contribution in [3.63, 3.8) is 0 Å². The molecule has 1 aromatic carbocycles. The van der Waals surface area contributed by atoms with Gasteiger partial charge in [0, 0.05) is 18.5 Å². The van der Waals surface area contributed by atoms with Crippen molar-refractivity contribution in [2.45, 2.75) is 0 Å². The molecule has 0 spiro atoms. The van der Waals surface area contributed by atoms with Crippen molar-refractivity contribution in [2.75, 3.05) is 0 Å². The molecule has 0 saturated heterocycles. The molecule has 0 aliphatic heterocycles. The number of benzene rings is 1. The predicted octanol–water partition coefficient (Wildman–Crippen LogP) is 1.65. The summed E-state index contributed by atoms with van der Waals surface area (Å²) < 4.78 is 1.63. The molecule has 0 unspecified atom stereocenters. The molecular formula is C10H6N4O2. The Morgan fingerprint density at radius 1 is 1.50 bits per heavy atom. The molecule has 6 heteroatoms. The van der Waals surface area contributed by atoms with Crippen LogP contribution in [0.5, 0.6) is 0 Å². The number of nitro groups is 1. The SMILES string of the molecule is N#Cc1ccc(-n2ccnc2)cc1[N+](=O)[O-]. The lowest BCUT2D eigenvalue weighted by atomic mass is 10.2. The molecule has 0 radical (unpaired) electrons. The van der Waals surface area contributed by atoms with Gasteiger partial charge in [-0.05, 0) is 12.1 Å². The number of nitro benzene ring substituents is 1. The molecule has 6 nitrogen and oxygen atoms in total. The van der Waals surface area contributed by atoms with E-state index in [1.54, 1.807) is 29.1 Å². The van der Waals surface area contributed by atoms with Gasteiger partial charge < -0.3 is 4.57 Å². The quantitative estimate of drug-likeness (QED) is 0.562. The molecule has 0 N–H and O–H groups in total.